The van der Waals surface area contributed by atoms with E-state index in [1.165, 1.54) is 61.2 Å². The first-order valence-electron chi connectivity index (χ1n) is 12.3. The van der Waals surface area contributed by atoms with Gasteiger partial charge in [-0.25, -0.2) is 0 Å². The van der Waals surface area contributed by atoms with Gasteiger partial charge in [0.2, 0.25) is 0 Å². The van der Waals surface area contributed by atoms with Crippen LogP contribution in [0, 0.1) is 67.7 Å². The van der Waals surface area contributed by atoms with Crippen molar-refractivity contribution >= 4 is 6.08 Å². The molecule has 3 rings (SSSR count). The van der Waals surface area contributed by atoms with Crippen LogP contribution >= 0.6 is 0 Å². The highest BCUT2D eigenvalue weighted by Crippen LogP contribution is 2.41. The van der Waals surface area contributed by atoms with Crippen LogP contribution in [-0.2, 0) is 11.8 Å². The largest absolute Gasteiger partial charge is 0.0776 e. The Kier molecular flexibility index (Phi) is 8.68. The van der Waals surface area contributed by atoms with Gasteiger partial charge >= 0.3 is 0 Å². The molecule has 33 heavy (non-hydrogen) atoms. The van der Waals surface area contributed by atoms with Crippen molar-refractivity contribution in [2.24, 2.45) is 5.41 Å². The summed E-state index contributed by atoms with van der Waals surface area (Å²) in [7, 11) is 0. The van der Waals surface area contributed by atoms with Gasteiger partial charge in [0.1, 0.15) is 0 Å². The summed E-state index contributed by atoms with van der Waals surface area (Å²) < 4.78 is 0. The number of benzene rings is 2. The van der Waals surface area contributed by atoms with Gasteiger partial charge in [0.15, 0.2) is 0 Å². The summed E-state index contributed by atoms with van der Waals surface area (Å²) in [5, 5.41) is 0. The number of hydrogen-bond acceptors (Lipinski definition) is 0. The van der Waals surface area contributed by atoms with E-state index in [0.29, 0.717) is 5.41 Å². The Morgan fingerprint density at radius 2 is 0.848 bits per heavy atom. The van der Waals surface area contributed by atoms with Crippen LogP contribution in [0.25, 0.3) is 6.08 Å². The molecule has 0 bridgehead atoms. The smallest absolute Gasteiger partial charge is 0.00497 e. The molecule has 184 valence electrons. The van der Waals surface area contributed by atoms with Gasteiger partial charge in [-0.05, 0) is 146 Å². The van der Waals surface area contributed by atoms with Gasteiger partial charge in [-0.15, -0.1) is 0 Å². The number of hydrogen-bond donors (Lipinski definition) is 0. The van der Waals surface area contributed by atoms with Gasteiger partial charge in [-0.1, -0.05) is 60.6 Å². The van der Waals surface area contributed by atoms with Gasteiger partial charge in [0.25, 0.3) is 0 Å². The van der Waals surface area contributed by atoms with E-state index in [1.807, 2.05) is 0 Å². The second-order valence-electron chi connectivity index (χ2n) is 12.2. The van der Waals surface area contributed by atoms with E-state index in [-0.39, 0.29) is 12.8 Å². The maximum atomic E-state index is 2.43. The van der Waals surface area contributed by atoms with E-state index in [1.54, 1.807) is 11.1 Å². The Bertz CT molecular complexity index is 1040. The molecule has 0 saturated heterocycles. The van der Waals surface area contributed by atoms with Gasteiger partial charge in [-0.2, -0.15) is 0 Å². The average molecular weight is 449 g/mol. The lowest BCUT2D eigenvalue weighted by atomic mass is 9.77. The molecule has 0 aromatic heterocycles. The van der Waals surface area contributed by atoms with Crippen LogP contribution in [0.15, 0.2) is 5.57 Å². The van der Waals surface area contributed by atoms with Crippen molar-refractivity contribution < 1.29 is 0 Å². The molecule has 0 aliphatic heterocycles. The van der Waals surface area contributed by atoms with Crippen molar-refractivity contribution in [1.29, 1.82) is 0 Å². The van der Waals surface area contributed by atoms with E-state index in [9.17, 15) is 0 Å². The van der Waals surface area contributed by atoms with E-state index in [0.717, 1.165) is 6.42 Å². The summed E-state index contributed by atoms with van der Waals surface area (Å²) >= 11 is 0. The first kappa shape index (κ1) is 29.2. The molecule has 2 aromatic carbocycles. The van der Waals surface area contributed by atoms with Crippen molar-refractivity contribution in [2.45, 2.75) is 123 Å². The van der Waals surface area contributed by atoms with E-state index < -0.39 is 0 Å². The summed E-state index contributed by atoms with van der Waals surface area (Å²) in [6.07, 6.45) is 3.58. The molecule has 1 aliphatic carbocycles. The van der Waals surface area contributed by atoms with Crippen LogP contribution in [0.4, 0.5) is 0 Å². The molecule has 0 nitrogen and oxygen atoms in total. The second kappa shape index (κ2) is 9.81. The summed E-state index contributed by atoms with van der Waals surface area (Å²) in [6, 6.07) is 0. The molecule has 2 aromatic rings. The molecule has 0 saturated carbocycles. The minimum absolute atomic E-state index is 0. The zero-order valence-electron chi connectivity index (χ0n) is 23.8. The lowest BCUT2D eigenvalue weighted by Crippen LogP contribution is -2.17. The Labute approximate surface area is 206 Å². The molecule has 0 radical (unpaired) electrons. The first-order valence-corrected chi connectivity index (χ1v) is 12.3. The SMILES string of the molecule is C.Cc1c(C)c(C)c(C(C)(C)C)c(C)c1C.Cc1c(C)c(C)c2c(c1C)C=C(C(C)(C)C)C2. The fourth-order valence-electron chi connectivity index (χ4n) is 5.36. The van der Waals surface area contributed by atoms with E-state index in [4.69, 9.17) is 0 Å². The minimum atomic E-state index is 0. The number of rotatable bonds is 0. The van der Waals surface area contributed by atoms with E-state index in [2.05, 4.69) is 110 Å². The van der Waals surface area contributed by atoms with Crippen molar-refractivity contribution in [3.05, 3.63) is 72.3 Å². The van der Waals surface area contributed by atoms with E-state index >= 15 is 0 Å². The number of fused-ring (bicyclic) bond motifs is 1. The Hall–Kier alpha value is -1.82. The first-order chi connectivity index (χ1) is 14.4. The molecule has 0 N–H and O–H groups in total. The highest BCUT2D eigenvalue weighted by atomic mass is 14.3. The maximum absolute atomic E-state index is 2.43. The summed E-state index contributed by atoms with van der Waals surface area (Å²) in [5.41, 5.74) is 19.9. The molecule has 0 heteroatoms. The molecule has 1 aliphatic rings. The Balaban J connectivity index is 0.000000323. The van der Waals surface area contributed by atoms with Crippen LogP contribution in [0.1, 0.15) is 116 Å². The molecule has 0 spiro atoms. The van der Waals surface area contributed by atoms with Crippen molar-refractivity contribution in [2.75, 3.05) is 0 Å². The summed E-state index contributed by atoms with van der Waals surface area (Å²) in [6.45, 7) is 34.1. The van der Waals surface area contributed by atoms with Gasteiger partial charge in [0, 0.05) is 0 Å². The van der Waals surface area contributed by atoms with Crippen molar-refractivity contribution in [3.63, 3.8) is 0 Å². The second-order valence-corrected chi connectivity index (χ2v) is 12.2. The third kappa shape index (κ3) is 5.47. The topological polar surface area (TPSA) is 0 Å². The van der Waals surface area contributed by atoms with Crippen LogP contribution < -0.4 is 0 Å². The lowest BCUT2D eigenvalue weighted by Gasteiger charge is -2.28. The highest BCUT2D eigenvalue weighted by molar-refractivity contribution is 5.71. The molecular weight excluding hydrogens is 396 g/mol. The predicted octanol–water partition coefficient (Wildman–Crippen LogP) is 10.1. The maximum Gasteiger partial charge on any atom is -0.00497 e. The normalized spacial score (nSPS) is 13.1. The summed E-state index contributed by atoms with van der Waals surface area (Å²) in [5.74, 6) is 0. The molecule has 0 fully saturated rings. The van der Waals surface area contributed by atoms with Crippen LogP contribution in [-0.4, -0.2) is 0 Å². The van der Waals surface area contributed by atoms with Crippen molar-refractivity contribution in [3.8, 4) is 0 Å². The van der Waals surface area contributed by atoms with Crippen LogP contribution in [0.3, 0.4) is 0 Å². The van der Waals surface area contributed by atoms with Crippen LogP contribution in [0.5, 0.6) is 0 Å². The minimum Gasteiger partial charge on any atom is -0.0776 e. The average Bonchev–Trinajstić information content (AvgIpc) is 3.13. The number of allylic oxidation sites excluding steroid dienone is 1. The molecule has 0 unspecified atom stereocenters. The lowest BCUT2D eigenvalue weighted by molar-refractivity contribution is 0.498. The molecule has 0 atom stereocenters. The predicted molar refractivity (Wildman–Crippen MR) is 152 cm³/mol. The Morgan fingerprint density at radius 3 is 1.24 bits per heavy atom. The van der Waals surface area contributed by atoms with Gasteiger partial charge in [0.05, 0.1) is 0 Å². The third-order valence-electron chi connectivity index (χ3n) is 8.27. The molecular formula is C33H52. The third-order valence-corrected chi connectivity index (χ3v) is 8.27. The standard InChI is InChI=1S/C17H24.C15H24.CH4/c1-10-11(2)13(4)16-9-14(17(5,6)7)8-15(16)12(10)3;1-9-10(2)12(4)14(15(6,7)8)13(5)11(9)3;/h8H,9H2,1-7H3;1-8H3;1H4. The Morgan fingerprint density at radius 1 is 0.485 bits per heavy atom. The van der Waals surface area contributed by atoms with Crippen LogP contribution in [0.2, 0.25) is 0 Å². The highest BCUT2D eigenvalue weighted by Gasteiger charge is 2.26. The fourth-order valence-corrected chi connectivity index (χ4v) is 5.36. The molecule has 0 heterocycles. The van der Waals surface area contributed by atoms with Crippen molar-refractivity contribution in [1.82, 2.24) is 0 Å². The van der Waals surface area contributed by atoms with Gasteiger partial charge < -0.3 is 0 Å². The zero-order chi connectivity index (χ0) is 24.9. The molecule has 0 amide bonds. The summed E-state index contributed by atoms with van der Waals surface area (Å²) in [4.78, 5) is 0. The zero-order valence-corrected chi connectivity index (χ0v) is 23.8. The van der Waals surface area contributed by atoms with Gasteiger partial charge in [-0.3, -0.25) is 0 Å². The monoisotopic (exact) mass is 448 g/mol. The quantitative estimate of drug-likeness (QED) is 0.376. The fraction of sp³-hybridized carbons (Fsp3) is 0.576.